The van der Waals surface area contributed by atoms with Gasteiger partial charge in [-0.15, -0.1) is 0 Å². The molecule has 0 saturated heterocycles. The van der Waals surface area contributed by atoms with Gasteiger partial charge < -0.3 is 0 Å². The molecule has 2 aromatic rings. The normalized spacial score (nSPS) is 10.5. The number of carbonyl (C=O) groups excluding carboxylic acids is 1. The number of ketones is 1. The second-order valence-corrected chi connectivity index (χ2v) is 4.16. The van der Waals surface area contributed by atoms with Crippen LogP contribution in [0.4, 0.5) is 0 Å². The van der Waals surface area contributed by atoms with Crippen molar-refractivity contribution in [2.75, 3.05) is 0 Å². The van der Waals surface area contributed by atoms with Crippen LogP contribution >= 0.6 is 0 Å². The van der Waals surface area contributed by atoms with E-state index in [-0.39, 0.29) is 5.78 Å². The third-order valence-corrected chi connectivity index (χ3v) is 2.70. The molecular formula is C14H16N2O. The first kappa shape index (κ1) is 11.6. The third kappa shape index (κ3) is 2.81. The maximum Gasteiger partial charge on any atom is 0.134 e. The average Bonchev–Trinajstić information content (AvgIpc) is 2.78. The van der Waals surface area contributed by atoms with Crippen LogP contribution in [0.3, 0.4) is 0 Å². The lowest BCUT2D eigenvalue weighted by atomic mass is 10.0. The van der Waals surface area contributed by atoms with Crippen molar-refractivity contribution in [1.29, 1.82) is 0 Å². The highest BCUT2D eigenvalue weighted by Crippen LogP contribution is 2.19. The molecule has 0 atom stereocenters. The molecule has 17 heavy (non-hydrogen) atoms. The van der Waals surface area contributed by atoms with Gasteiger partial charge in [0.2, 0.25) is 0 Å². The largest absolute Gasteiger partial charge is 0.300 e. The Labute approximate surface area is 101 Å². The quantitative estimate of drug-likeness (QED) is 0.806. The monoisotopic (exact) mass is 228 g/mol. The second kappa shape index (κ2) is 4.95. The molecule has 0 saturated carbocycles. The second-order valence-electron chi connectivity index (χ2n) is 4.16. The van der Waals surface area contributed by atoms with Gasteiger partial charge in [0, 0.05) is 24.7 Å². The summed E-state index contributed by atoms with van der Waals surface area (Å²) in [6.07, 6.45) is 4.40. The number of nitrogens with zero attached hydrogens (tertiary/aromatic N) is 2. The van der Waals surface area contributed by atoms with Crippen LogP contribution in [-0.4, -0.2) is 15.6 Å². The van der Waals surface area contributed by atoms with E-state index in [0.717, 1.165) is 23.2 Å². The lowest BCUT2D eigenvalue weighted by Gasteiger charge is -2.00. The number of hydrogen-bond acceptors (Lipinski definition) is 2. The number of benzene rings is 1. The van der Waals surface area contributed by atoms with Gasteiger partial charge in [-0.2, -0.15) is 5.10 Å². The van der Waals surface area contributed by atoms with Gasteiger partial charge in [-0.25, -0.2) is 0 Å². The van der Waals surface area contributed by atoms with Crippen LogP contribution in [0.5, 0.6) is 0 Å². The highest BCUT2D eigenvalue weighted by atomic mass is 16.1. The maximum atomic E-state index is 11.0. The molecule has 0 unspecified atom stereocenters. The number of Topliss-reactive ketones (excluding diaryl/α,β-unsaturated/α-hetero) is 1. The van der Waals surface area contributed by atoms with E-state index in [2.05, 4.69) is 12.0 Å². The van der Waals surface area contributed by atoms with Crippen molar-refractivity contribution >= 4 is 5.78 Å². The predicted octanol–water partition coefficient (Wildman–Crippen LogP) is 2.70. The molecule has 0 fully saturated rings. The van der Waals surface area contributed by atoms with E-state index in [1.54, 1.807) is 6.92 Å². The Bertz CT molecular complexity index is 511. The molecule has 0 amide bonds. The van der Waals surface area contributed by atoms with Gasteiger partial charge in [-0.1, -0.05) is 24.3 Å². The SMILES string of the molecule is CCn1cc(-c2ccc(CC(C)=O)cc2)cn1. The molecule has 1 aromatic heterocycles. The summed E-state index contributed by atoms with van der Waals surface area (Å²) < 4.78 is 1.90. The van der Waals surface area contributed by atoms with E-state index >= 15 is 0 Å². The van der Waals surface area contributed by atoms with Crippen LogP contribution in [0.1, 0.15) is 19.4 Å². The smallest absolute Gasteiger partial charge is 0.134 e. The molecule has 0 aliphatic carbocycles. The summed E-state index contributed by atoms with van der Waals surface area (Å²) in [6, 6.07) is 8.07. The predicted molar refractivity (Wildman–Crippen MR) is 67.7 cm³/mol. The lowest BCUT2D eigenvalue weighted by Crippen LogP contribution is -1.95. The van der Waals surface area contributed by atoms with E-state index in [9.17, 15) is 4.79 Å². The van der Waals surface area contributed by atoms with Crippen molar-refractivity contribution < 1.29 is 4.79 Å². The summed E-state index contributed by atoms with van der Waals surface area (Å²) in [7, 11) is 0. The van der Waals surface area contributed by atoms with Crippen LogP contribution < -0.4 is 0 Å². The molecule has 0 aliphatic heterocycles. The minimum Gasteiger partial charge on any atom is -0.300 e. The zero-order valence-corrected chi connectivity index (χ0v) is 10.2. The Balaban J connectivity index is 2.19. The van der Waals surface area contributed by atoms with E-state index in [1.165, 1.54) is 0 Å². The molecular weight excluding hydrogens is 212 g/mol. The molecule has 3 heteroatoms. The van der Waals surface area contributed by atoms with Crippen LogP contribution in [0.15, 0.2) is 36.7 Å². The van der Waals surface area contributed by atoms with Crippen molar-refractivity contribution in [2.24, 2.45) is 0 Å². The number of rotatable bonds is 4. The standard InChI is InChI=1S/C14H16N2O/c1-3-16-10-14(9-15-16)13-6-4-12(5-7-13)8-11(2)17/h4-7,9-10H,3,8H2,1-2H3. The van der Waals surface area contributed by atoms with E-state index in [4.69, 9.17) is 0 Å². The van der Waals surface area contributed by atoms with Crippen molar-refractivity contribution in [2.45, 2.75) is 26.8 Å². The molecule has 3 nitrogen and oxygen atoms in total. The highest BCUT2D eigenvalue weighted by Gasteiger charge is 2.02. The lowest BCUT2D eigenvalue weighted by molar-refractivity contribution is -0.116. The number of aryl methyl sites for hydroxylation is 1. The molecule has 0 aliphatic rings. The molecule has 0 N–H and O–H groups in total. The van der Waals surface area contributed by atoms with E-state index in [1.807, 2.05) is 41.3 Å². The van der Waals surface area contributed by atoms with Gasteiger partial charge in [-0.3, -0.25) is 9.48 Å². The first-order chi connectivity index (χ1) is 8.19. The zero-order valence-electron chi connectivity index (χ0n) is 10.2. The van der Waals surface area contributed by atoms with Crippen LogP contribution in [0.25, 0.3) is 11.1 Å². The highest BCUT2D eigenvalue weighted by molar-refractivity contribution is 5.78. The Morgan fingerprint density at radius 1 is 1.24 bits per heavy atom. The fourth-order valence-corrected chi connectivity index (χ4v) is 1.79. The van der Waals surface area contributed by atoms with Crippen LogP contribution in [0, 0.1) is 0 Å². The fraction of sp³-hybridized carbons (Fsp3) is 0.286. The van der Waals surface area contributed by atoms with E-state index in [0.29, 0.717) is 6.42 Å². The third-order valence-electron chi connectivity index (χ3n) is 2.70. The summed E-state index contributed by atoms with van der Waals surface area (Å²) in [6.45, 7) is 4.55. The van der Waals surface area contributed by atoms with Crippen molar-refractivity contribution in [3.05, 3.63) is 42.2 Å². The maximum absolute atomic E-state index is 11.0. The van der Waals surface area contributed by atoms with Gasteiger partial charge in [0.05, 0.1) is 6.20 Å². The molecule has 1 heterocycles. The molecule has 0 bridgehead atoms. The average molecular weight is 228 g/mol. The first-order valence-corrected chi connectivity index (χ1v) is 5.80. The number of carbonyl (C=O) groups is 1. The Morgan fingerprint density at radius 2 is 1.94 bits per heavy atom. The molecule has 0 spiro atoms. The zero-order chi connectivity index (χ0) is 12.3. The number of hydrogen-bond donors (Lipinski definition) is 0. The fourth-order valence-electron chi connectivity index (χ4n) is 1.79. The summed E-state index contributed by atoms with van der Waals surface area (Å²) in [5, 5.41) is 4.24. The van der Waals surface area contributed by atoms with Gasteiger partial charge in [0.1, 0.15) is 5.78 Å². The van der Waals surface area contributed by atoms with E-state index < -0.39 is 0 Å². The molecule has 88 valence electrons. The summed E-state index contributed by atoms with van der Waals surface area (Å²) >= 11 is 0. The van der Waals surface area contributed by atoms with Gasteiger partial charge in [0.15, 0.2) is 0 Å². The van der Waals surface area contributed by atoms with Crippen LogP contribution in [-0.2, 0) is 17.8 Å². The van der Waals surface area contributed by atoms with Gasteiger partial charge in [-0.05, 0) is 25.0 Å². The Morgan fingerprint density at radius 3 is 2.47 bits per heavy atom. The Hall–Kier alpha value is -1.90. The minimum absolute atomic E-state index is 0.191. The van der Waals surface area contributed by atoms with Gasteiger partial charge in [0.25, 0.3) is 0 Å². The number of aromatic nitrogens is 2. The summed E-state index contributed by atoms with van der Waals surface area (Å²) in [5.41, 5.74) is 3.31. The minimum atomic E-state index is 0.191. The molecule has 0 radical (unpaired) electrons. The molecule has 1 aromatic carbocycles. The topological polar surface area (TPSA) is 34.9 Å². The summed E-state index contributed by atoms with van der Waals surface area (Å²) in [4.78, 5) is 11.0. The summed E-state index contributed by atoms with van der Waals surface area (Å²) in [5.74, 6) is 0.191. The Kier molecular flexibility index (Phi) is 3.38. The first-order valence-electron chi connectivity index (χ1n) is 5.80. The molecule has 2 rings (SSSR count). The van der Waals surface area contributed by atoms with Gasteiger partial charge >= 0.3 is 0 Å². The van der Waals surface area contributed by atoms with Crippen LogP contribution in [0.2, 0.25) is 0 Å². The van der Waals surface area contributed by atoms with Crippen molar-refractivity contribution in [1.82, 2.24) is 9.78 Å². The van der Waals surface area contributed by atoms with Crippen molar-refractivity contribution in [3.63, 3.8) is 0 Å². The van der Waals surface area contributed by atoms with Crippen molar-refractivity contribution in [3.8, 4) is 11.1 Å².